The zero-order chi connectivity index (χ0) is 22.3. The summed E-state index contributed by atoms with van der Waals surface area (Å²) in [7, 11) is 0. The highest BCUT2D eigenvalue weighted by Gasteiger charge is 2.21. The van der Waals surface area contributed by atoms with Crippen LogP contribution < -0.4 is 10.1 Å². The van der Waals surface area contributed by atoms with Crippen LogP contribution in [0.25, 0.3) is 0 Å². The number of carbonyl (C=O) groups is 2. The van der Waals surface area contributed by atoms with Crippen molar-refractivity contribution in [2.24, 2.45) is 0 Å². The molecule has 0 bridgehead atoms. The molecular weight excluding hydrogens is 422 g/mol. The second-order valence-electron chi connectivity index (χ2n) is 7.96. The molecule has 6 nitrogen and oxygen atoms in total. The molecule has 2 amide bonds. The van der Waals surface area contributed by atoms with Gasteiger partial charge in [-0.25, -0.2) is 4.98 Å². The van der Waals surface area contributed by atoms with Crippen molar-refractivity contribution in [2.45, 2.75) is 39.2 Å². The number of hydrogen-bond acceptors (Lipinski definition) is 5. The van der Waals surface area contributed by atoms with Gasteiger partial charge in [-0.1, -0.05) is 29.8 Å². The van der Waals surface area contributed by atoms with Gasteiger partial charge >= 0.3 is 0 Å². The maximum absolute atomic E-state index is 12.9. The van der Waals surface area contributed by atoms with Gasteiger partial charge in [-0.05, 0) is 50.5 Å². The minimum Gasteiger partial charge on any atom is -0.486 e. The first-order chi connectivity index (χ1) is 15.6. The lowest BCUT2D eigenvalue weighted by molar-refractivity contribution is -0.115. The first-order valence-electron chi connectivity index (χ1n) is 10.9. The Morgan fingerprint density at radius 3 is 2.59 bits per heavy atom. The quantitative estimate of drug-likeness (QED) is 0.560. The van der Waals surface area contributed by atoms with Gasteiger partial charge in [0.25, 0.3) is 5.91 Å². The zero-order valence-electron chi connectivity index (χ0n) is 18.2. The largest absolute Gasteiger partial charge is 0.486 e. The summed E-state index contributed by atoms with van der Waals surface area (Å²) in [4.78, 5) is 32.0. The Hall–Kier alpha value is -3.19. The van der Waals surface area contributed by atoms with E-state index >= 15 is 0 Å². The fourth-order valence-electron chi connectivity index (χ4n) is 3.68. The van der Waals surface area contributed by atoms with Crippen molar-refractivity contribution in [3.05, 3.63) is 75.7 Å². The van der Waals surface area contributed by atoms with Gasteiger partial charge in [0.1, 0.15) is 17.4 Å². The molecule has 7 heteroatoms. The molecule has 0 spiro atoms. The van der Waals surface area contributed by atoms with Gasteiger partial charge in [-0.2, -0.15) is 0 Å². The van der Waals surface area contributed by atoms with Crippen LogP contribution in [0.4, 0.5) is 5.69 Å². The van der Waals surface area contributed by atoms with E-state index in [1.807, 2.05) is 53.6 Å². The van der Waals surface area contributed by atoms with Crippen LogP contribution >= 0.6 is 11.3 Å². The zero-order valence-corrected chi connectivity index (χ0v) is 19.0. The highest BCUT2D eigenvalue weighted by atomic mass is 32.1. The molecule has 1 aliphatic heterocycles. The highest BCUT2D eigenvalue weighted by molar-refractivity contribution is 7.09. The number of nitrogens with one attached hydrogen (secondary N) is 1. The number of nitrogens with zero attached hydrogens (tertiary/aromatic N) is 2. The van der Waals surface area contributed by atoms with Crippen molar-refractivity contribution < 1.29 is 14.3 Å². The molecule has 1 N–H and O–H groups in total. The smallest absolute Gasteiger partial charge is 0.255 e. The van der Waals surface area contributed by atoms with E-state index in [-0.39, 0.29) is 18.2 Å². The topological polar surface area (TPSA) is 71.5 Å². The van der Waals surface area contributed by atoms with Crippen LogP contribution in [-0.2, 0) is 17.8 Å². The third-order valence-corrected chi connectivity index (χ3v) is 6.27. The Morgan fingerprint density at radius 1 is 1.06 bits per heavy atom. The molecule has 32 heavy (non-hydrogen) atoms. The van der Waals surface area contributed by atoms with Gasteiger partial charge in [-0.3, -0.25) is 9.59 Å². The molecule has 2 aromatic carbocycles. The number of carbonyl (C=O) groups excluding carboxylic acids is 2. The molecule has 1 fully saturated rings. The predicted molar refractivity (Wildman–Crippen MR) is 126 cm³/mol. The summed E-state index contributed by atoms with van der Waals surface area (Å²) in [6.07, 6.45) is 3.36. The molecule has 3 aromatic rings. The van der Waals surface area contributed by atoms with E-state index in [0.29, 0.717) is 23.6 Å². The summed E-state index contributed by atoms with van der Waals surface area (Å²) in [6, 6.07) is 15.1. The summed E-state index contributed by atoms with van der Waals surface area (Å²) in [6.45, 7) is 3.94. The summed E-state index contributed by atoms with van der Waals surface area (Å²) in [5, 5.41) is 5.59. The SMILES string of the molecule is Cc1ccc(OCc2nc(CC(=O)Nc3ccccc3C(=O)N3CCCCC3)cs2)cc1. The van der Waals surface area contributed by atoms with Crippen molar-refractivity contribution >= 4 is 28.8 Å². The molecule has 0 atom stereocenters. The monoisotopic (exact) mass is 449 g/mol. The number of para-hydroxylation sites is 1. The number of rotatable bonds is 7. The van der Waals surface area contributed by atoms with Crippen LogP contribution in [0, 0.1) is 6.92 Å². The Bertz CT molecular complexity index is 1070. The van der Waals surface area contributed by atoms with Gasteiger partial charge in [0.2, 0.25) is 5.91 Å². The fourth-order valence-corrected chi connectivity index (χ4v) is 4.39. The molecule has 0 radical (unpaired) electrons. The normalized spacial score (nSPS) is 13.6. The van der Waals surface area contributed by atoms with Crippen molar-refractivity contribution in [2.75, 3.05) is 18.4 Å². The number of benzene rings is 2. The molecule has 0 unspecified atom stereocenters. The minimum atomic E-state index is -0.194. The van der Waals surface area contributed by atoms with Crippen LogP contribution in [-0.4, -0.2) is 34.8 Å². The lowest BCUT2D eigenvalue weighted by atomic mass is 10.1. The van der Waals surface area contributed by atoms with E-state index in [1.165, 1.54) is 16.9 Å². The molecule has 2 heterocycles. The molecule has 1 aromatic heterocycles. The number of hydrogen-bond donors (Lipinski definition) is 1. The summed E-state index contributed by atoms with van der Waals surface area (Å²) in [5.41, 5.74) is 2.95. The van der Waals surface area contributed by atoms with Crippen molar-refractivity contribution in [1.82, 2.24) is 9.88 Å². The maximum Gasteiger partial charge on any atom is 0.255 e. The second-order valence-corrected chi connectivity index (χ2v) is 8.90. The van der Waals surface area contributed by atoms with E-state index in [9.17, 15) is 9.59 Å². The van der Waals surface area contributed by atoms with Gasteiger partial charge in [0.15, 0.2) is 0 Å². The van der Waals surface area contributed by atoms with Gasteiger partial charge in [-0.15, -0.1) is 11.3 Å². The lowest BCUT2D eigenvalue weighted by Crippen LogP contribution is -2.36. The van der Waals surface area contributed by atoms with Gasteiger partial charge in [0, 0.05) is 18.5 Å². The number of anilines is 1. The number of piperidine rings is 1. The van der Waals surface area contributed by atoms with Crippen molar-refractivity contribution in [1.29, 1.82) is 0 Å². The van der Waals surface area contributed by atoms with Crippen LogP contribution in [0.5, 0.6) is 5.75 Å². The van der Waals surface area contributed by atoms with E-state index in [0.717, 1.165) is 43.1 Å². The minimum absolute atomic E-state index is 0.0233. The fraction of sp³-hybridized carbons (Fsp3) is 0.320. The molecule has 0 aliphatic carbocycles. The van der Waals surface area contributed by atoms with Crippen molar-refractivity contribution in [3.8, 4) is 5.75 Å². The summed E-state index contributed by atoms with van der Waals surface area (Å²) in [5.74, 6) is 0.574. The summed E-state index contributed by atoms with van der Waals surface area (Å²) >= 11 is 1.47. The Kier molecular flexibility index (Phi) is 7.17. The number of aryl methyl sites for hydroxylation is 1. The predicted octanol–water partition coefficient (Wildman–Crippen LogP) is 4.84. The average Bonchev–Trinajstić information content (AvgIpc) is 3.26. The highest BCUT2D eigenvalue weighted by Crippen LogP contribution is 2.21. The molecule has 0 saturated carbocycles. The Labute approximate surface area is 192 Å². The van der Waals surface area contributed by atoms with E-state index in [2.05, 4.69) is 10.3 Å². The standard InChI is InChI=1S/C25H27N3O3S/c1-18-9-11-20(12-10-18)31-16-24-26-19(17-32-24)15-23(29)27-22-8-4-3-7-21(22)25(30)28-13-5-2-6-14-28/h3-4,7-12,17H,2,5-6,13-16H2,1H3,(H,27,29). The van der Waals surface area contributed by atoms with Crippen molar-refractivity contribution in [3.63, 3.8) is 0 Å². The van der Waals surface area contributed by atoms with E-state index in [1.54, 1.807) is 12.1 Å². The number of ether oxygens (including phenoxy) is 1. The first-order valence-corrected chi connectivity index (χ1v) is 11.8. The number of likely N-dealkylation sites (tertiary alicyclic amines) is 1. The number of amides is 2. The van der Waals surface area contributed by atoms with Gasteiger partial charge < -0.3 is 15.0 Å². The second kappa shape index (κ2) is 10.4. The molecular formula is C25H27N3O3S. The number of aromatic nitrogens is 1. The molecule has 166 valence electrons. The molecule has 1 aliphatic rings. The maximum atomic E-state index is 12.9. The van der Waals surface area contributed by atoms with Gasteiger partial charge in [0.05, 0.1) is 23.4 Å². The van der Waals surface area contributed by atoms with E-state index < -0.39 is 0 Å². The Morgan fingerprint density at radius 2 is 1.81 bits per heavy atom. The molecule has 1 saturated heterocycles. The third-order valence-electron chi connectivity index (χ3n) is 5.40. The molecule has 4 rings (SSSR count). The summed E-state index contributed by atoms with van der Waals surface area (Å²) < 4.78 is 5.77. The number of thiazole rings is 1. The first kappa shape index (κ1) is 22.0. The lowest BCUT2D eigenvalue weighted by Gasteiger charge is -2.27. The van der Waals surface area contributed by atoms with E-state index in [4.69, 9.17) is 4.74 Å². The van der Waals surface area contributed by atoms with Crippen LogP contribution in [0.1, 0.15) is 45.9 Å². The average molecular weight is 450 g/mol. The van der Waals surface area contributed by atoms with Crippen LogP contribution in [0.15, 0.2) is 53.9 Å². The van der Waals surface area contributed by atoms with Crippen LogP contribution in [0.2, 0.25) is 0 Å². The van der Waals surface area contributed by atoms with Crippen LogP contribution in [0.3, 0.4) is 0 Å². The third kappa shape index (κ3) is 5.73. The Balaban J connectivity index is 1.34.